The third kappa shape index (κ3) is 1.99. The second-order valence-electron chi connectivity index (χ2n) is 4.73. The summed E-state index contributed by atoms with van der Waals surface area (Å²) in [7, 11) is 0. The van der Waals surface area contributed by atoms with E-state index in [1.54, 1.807) is 6.08 Å². The molecule has 0 bridgehead atoms. The van der Waals surface area contributed by atoms with Gasteiger partial charge in [0, 0.05) is 0 Å². The molecular weight excluding hydrogens is 212 g/mol. The first-order valence-corrected chi connectivity index (χ1v) is 5.97. The molecule has 0 amide bonds. The Hall–Kier alpha value is -1.57. The van der Waals surface area contributed by atoms with Crippen LogP contribution < -0.4 is 0 Å². The van der Waals surface area contributed by atoms with E-state index >= 15 is 0 Å². The van der Waals surface area contributed by atoms with Gasteiger partial charge in [-0.2, -0.15) is 0 Å². The second-order valence-corrected chi connectivity index (χ2v) is 4.73. The summed E-state index contributed by atoms with van der Waals surface area (Å²) >= 11 is 0. The van der Waals surface area contributed by atoms with E-state index in [4.69, 9.17) is 4.74 Å². The highest BCUT2D eigenvalue weighted by Gasteiger charge is 2.38. The maximum absolute atomic E-state index is 11.8. The van der Waals surface area contributed by atoms with Crippen LogP contribution in [0.4, 0.5) is 0 Å². The first kappa shape index (κ1) is 11.9. The van der Waals surface area contributed by atoms with Gasteiger partial charge in [-0.25, -0.2) is 0 Å². The normalized spacial score (nSPS) is 22.0. The van der Waals surface area contributed by atoms with Crippen molar-refractivity contribution in [3.63, 3.8) is 0 Å². The number of allylic oxidation sites excluding steroid dienone is 4. The summed E-state index contributed by atoms with van der Waals surface area (Å²) in [6, 6.07) is 0. The van der Waals surface area contributed by atoms with Gasteiger partial charge in [0.2, 0.25) is 0 Å². The van der Waals surface area contributed by atoms with Crippen LogP contribution in [0.1, 0.15) is 26.7 Å². The molecule has 90 valence electrons. The molecule has 2 heteroatoms. The third-order valence-electron chi connectivity index (χ3n) is 3.37. The maximum atomic E-state index is 11.8. The van der Waals surface area contributed by atoms with Crippen LogP contribution >= 0.6 is 0 Å². The largest absolute Gasteiger partial charge is 0.493 e. The highest BCUT2D eigenvalue weighted by atomic mass is 16.5. The van der Waals surface area contributed by atoms with E-state index in [0.29, 0.717) is 6.61 Å². The molecule has 0 aliphatic heterocycles. The molecule has 1 spiro atoms. The van der Waals surface area contributed by atoms with Gasteiger partial charge in [0.25, 0.3) is 0 Å². The van der Waals surface area contributed by atoms with Gasteiger partial charge < -0.3 is 4.74 Å². The van der Waals surface area contributed by atoms with Crippen molar-refractivity contribution < 1.29 is 9.53 Å². The summed E-state index contributed by atoms with van der Waals surface area (Å²) < 4.78 is 5.72. The Bertz CT molecular complexity index is 428. The molecule has 0 fully saturated rings. The fourth-order valence-electron chi connectivity index (χ4n) is 2.64. The molecule has 0 saturated carbocycles. The predicted octanol–water partition coefficient (Wildman–Crippen LogP) is 3.33. The molecule has 2 rings (SSSR count). The number of ether oxygens (including phenoxy) is 1. The molecule has 0 unspecified atom stereocenters. The first-order valence-electron chi connectivity index (χ1n) is 5.97. The molecule has 0 heterocycles. The average molecular weight is 230 g/mol. The summed E-state index contributed by atoms with van der Waals surface area (Å²) in [5, 5.41) is 0. The minimum atomic E-state index is -0.189. The average Bonchev–Trinajstić information content (AvgIpc) is 2.66. The smallest absolute Gasteiger partial charge is 0.183 e. The van der Waals surface area contributed by atoms with Gasteiger partial charge >= 0.3 is 0 Å². The van der Waals surface area contributed by atoms with Crippen LogP contribution in [0.5, 0.6) is 0 Å². The minimum absolute atomic E-state index is 0.144. The van der Waals surface area contributed by atoms with Gasteiger partial charge in [-0.1, -0.05) is 24.8 Å². The van der Waals surface area contributed by atoms with Crippen molar-refractivity contribution in [1.29, 1.82) is 0 Å². The molecule has 2 nitrogen and oxygen atoms in total. The molecule has 17 heavy (non-hydrogen) atoms. The topological polar surface area (TPSA) is 26.3 Å². The van der Waals surface area contributed by atoms with E-state index in [1.807, 2.05) is 26.0 Å². The number of hydrogen-bond donors (Lipinski definition) is 0. The fraction of sp³-hybridized carbons (Fsp3) is 0.400. The number of Topliss-reactive ketones (excluding diaryl/α,β-unsaturated/α-hetero) is 1. The van der Waals surface area contributed by atoms with Crippen molar-refractivity contribution in [2.45, 2.75) is 26.7 Å². The monoisotopic (exact) mass is 230 g/mol. The van der Waals surface area contributed by atoms with Gasteiger partial charge in [0.15, 0.2) is 5.78 Å². The number of carbonyl (C=O) groups is 1. The summed E-state index contributed by atoms with van der Waals surface area (Å²) in [6.45, 7) is 7.93. The Morgan fingerprint density at radius 3 is 2.65 bits per heavy atom. The Balaban J connectivity index is 2.33. The third-order valence-corrected chi connectivity index (χ3v) is 3.37. The van der Waals surface area contributed by atoms with Gasteiger partial charge in [-0.3, -0.25) is 4.79 Å². The number of rotatable bonds is 3. The minimum Gasteiger partial charge on any atom is -0.493 e. The van der Waals surface area contributed by atoms with Gasteiger partial charge in [0.05, 0.1) is 5.41 Å². The lowest BCUT2D eigenvalue weighted by molar-refractivity contribution is -0.112. The van der Waals surface area contributed by atoms with Crippen molar-refractivity contribution in [2.24, 2.45) is 5.41 Å². The SMILES string of the molecule is C=CCOC1=CCCC12C=C(C)C(=O)C(C)=C2. The van der Waals surface area contributed by atoms with Crippen LogP contribution in [0, 0.1) is 5.41 Å². The lowest BCUT2D eigenvalue weighted by Crippen LogP contribution is -2.24. The Morgan fingerprint density at radius 2 is 2.06 bits per heavy atom. The fourth-order valence-corrected chi connectivity index (χ4v) is 2.64. The van der Waals surface area contributed by atoms with E-state index in [-0.39, 0.29) is 11.2 Å². The molecule has 0 N–H and O–H groups in total. The molecule has 2 aliphatic carbocycles. The highest BCUT2D eigenvalue weighted by Crippen LogP contribution is 2.46. The van der Waals surface area contributed by atoms with Crippen LogP contribution in [-0.4, -0.2) is 12.4 Å². The van der Waals surface area contributed by atoms with Crippen molar-refractivity contribution in [2.75, 3.05) is 6.61 Å². The van der Waals surface area contributed by atoms with E-state index in [1.165, 1.54) is 0 Å². The van der Waals surface area contributed by atoms with Crippen LogP contribution in [0.2, 0.25) is 0 Å². The Kier molecular flexibility index (Phi) is 3.05. The maximum Gasteiger partial charge on any atom is 0.183 e. The zero-order valence-electron chi connectivity index (χ0n) is 10.5. The number of carbonyl (C=O) groups excluding carboxylic acids is 1. The van der Waals surface area contributed by atoms with Gasteiger partial charge in [-0.15, -0.1) is 0 Å². The molecule has 0 atom stereocenters. The van der Waals surface area contributed by atoms with E-state index < -0.39 is 0 Å². The zero-order chi connectivity index (χ0) is 12.5. The van der Waals surface area contributed by atoms with Gasteiger partial charge in [-0.05, 0) is 43.9 Å². The van der Waals surface area contributed by atoms with E-state index in [0.717, 1.165) is 29.7 Å². The van der Waals surface area contributed by atoms with Crippen molar-refractivity contribution in [3.05, 3.63) is 47.8 Å². The molecule has 2 aliphatic rings. The number of hydrogen-bond acceptors (Lipinski definition) is 2. The summed E-state index contributed by atoms with van der Waals surface area (Å²) in [5.41, 5.74) is 1.45. The first-order chi connectivity index (χ1) is 8.09. The van der Waals surface area contributed by atoms with Crippen molar-refractivity contribution in [1.82, 2.24) is 0 Å². The van der Waals surface area contributed by atoms with E-state index in [2.05, 4.69) is 12.7 Å². The second kappa shape index (κ2) is 4.36. The number of ketones is 1. The van der Waals surface area contributed by atoms with Crippen LogP contribution in [0.15, 0.2) is 47.8 Å². The molecule has 0 radical (unpaired) electrons. The van der Waals surface area contributed by atoms with E-state index in [9.17, 15) is 4.79 Å². The summed E-state index contributed by atoms with van der Waals surface area (Å²) in [5.74, 6) is 1.11. The molecule has 0 aromatic carbocycles. The van der Waals surface area contributed by atoms with Crippen LogP contribution in [0.3, 0.4) is 0 Å². The highest BCUT2D eigenvalue weighted by molar-refractivity contribution is 6.08. The Morgan fingerprint density at radius 1 is 1.41 bits per heavy atom. The molecule has 0 saturated heterocycles. The zero-order valence-corrected chi connectivity index (χ0v) is 10.5. The van der Waals surface area contributed by atoms with Crippen LogP contribution in [-0.2, 0) is 9.53 Å². The van der Waals surface area contributed by atoms with Crippen molar-refractivity contribution in [3.8, 4) is 0 Å². The summed E-state index contributed by atoms with van der Waals surface area (Å²) in [4.78, 5) is 11.8. The molecule has 0 aromatic heterocycles. The van der Waals surface area contributed by atoms with Crippen LogP contribution in [0.25, 0.3) is 0 Å². The van der Waals surface area contributed by atoms with Crippen molar-refractivity contribution >= 4 is 5.78 Å². The molecular formula is C15H18O2. The van der Waals surface area contributed by atoms with Gasteiger partial charge in [0.1, 0.15) is 12.4 Å². The standard InChI is InChI=1S/C15H18O2/c1-4-8-17-13-6-5-7-15(13)9-11(2)14(16)12(3)10-15/h4,6,9-10H,1,5,7-8H2,2-3H3. The lowest BCUT2D eigenvalue weighted by Gasteiger charge is -2.29. The Labute approximate surface area is 102 Å². The lowest BCUT2D eigenvalue weighted by atomic mass is 9.77. The molecule has 0 aromatic rings. The predicted molar refractivity (Wildman–Crippen MR) is 68.4 cm³/mol. The summed E-state index contributed by atoms with van der Waals surface area (Å²) in [6.07, 6.45) is 9.94. The quantitative estimate of drug-likeness (QED) is 0.695.